The lowest BCUT2D eigenvalue weighted by Gasteiger charge is -2.17. The van der Waals surface area contributed by atoms with Crippen LogP contribution in [0.4, 0.5) is 23.3 Å². The van der Waals surface area contributed by atoms with Crippen molar-refractivity contribution in [3.8, 4) is 0 Å². The topological polar surface area (TPSA) is 115 Å². The molecule has 0 bridgehead atoms. The summed E-state index contributed by atoms with van der Waals surface area (Å²) in [6.07, 6.45) is 1.75. The van der Waals surface area contributed by atoms with Crippen LogP contribution < -0.4 is 15.9 Å². The number of hydrogen-bond donors (Lipinski definition) is 3. The second kappa shape index (κ2) is 6.43. The molecule has 28 heavy (non-hydrogen) atoms. The summed E-state index contributed by atoms with van der Waals surface area (Å²) < 4.78 is 1.05. The van der Waals surface area contributed by atoms with Crippen LogP contribution in [0.1, 0.15) is 0 Å². The standard InChI is InChI=1S/C18H14N8OS/c1-26(12-4-2-10-8-20-25-14(10)7-12)17-22-16(23-18(27)24-17)21-11-3-5-13-15(6-11)28-9-19-13/h2-9H,1H3,(H,20,25)(H2,21,22,23,24,27). The molecule has 0 aliphatic rings. The molecule has 0 amide bonds. The van der Waals surface area contributed by atoms with Crippen LogP contribution in [0.5, 0.6) is 0 Å². The van der Waals surface area contributed by atoms with Crippen molar-refractivity contribution in [3.63, 3.8) is 0 Å². The van der Waals surface area contributed by atoms with E-state index < -0.39 is 5.69 Å². The van der Waals surface area contributed by atoms with Gasteiger partial charge in [0, 0.05) is 23.8 Å². The number of nitrogens with one attached hydrogen (secondary N) is 3. The number of fused-ring (bicyclic) bond motifs is 2. The monoisotopic (exact) mass is 390 g/mol. The van der Waals surface area contributed by atoms with Gasteiger partial charge in [0.15, 0.2) is 0 Å². The van der Waals surface area contributed by atoms with Crippen LogP contribution in [-0.4, -0.2) is 37.2 Å². The van der Waals surface area contributed by atoms with Crippen LogP contribution in [0.25, 0.3) is 21.1 Å². The van der Waals surface area contributed by atoms with Gasteiger partial charge < -0.3 is 10.2 Å². The van der Waals surface area contributed by atoms with Gasteiger partial charge in [0.25, 0.3) is 0 Å². The van der Waals surface area contributed by atoms with Gasteiger partial charge in [-0.25, -0.2) is 9.78 Å². The Morgan fingerprint density at radius 3 is 3.00 bits per heavy atom. The van der Waals surface area contributed by atoms with Gasteiger partial charge in [-0.05, 0) is 36.4 Å². The normalized spacial score (nSPS) is 11.2. The van der Waals surface area contributed by atoms with Gasteiger partial charge in [-0.15, -0.1) is 11.3 Å². The first kappa shape index (κ1) is 16.4. The lowest BCUT2D eigenvalue weighted by molar-refractivity contribution is 0.951. The molecule has 0 fully saturated rings. The fourth-order valence-electron chi connectivity index (χ4n) is 2.90. The van der Waals surface area contributed by atoms with Crippen molar-refractivity contribution in [2.45, 2.75) is 0 Å². The quantitative estimate of drug-likeness (QED) is 0.432. The van der Waals surface area contributed by atoms with Crippen LogP contribution in [-0.2, 0) is 0 Å². The minimum Gasteiger partial charge on any atom is -0.326 e. The predicted molar refractivity (Wildman–Crippen MR) is 110 cm³/mol. The van der Waals surface area contributed by atoms with E-state index in [0.717, 1.165) is 32.5 Å². The van der Waals surface area contributed by atoms with E-state index in [2.05, 4.69) is 35.5 Å². The van der Waals surface area contributed by atoms with Crippen molar-refractivity contribution in [3.05, 3.63) is 58.6 Å². The summed E-state index contributed by atoms with van der Waals surface area (Å²) in [5, 5.41) is 11.1. The van der Waals surface area contributed by atoms with Crippen LogP contribution in [0.2, 0.25) is 0 Å². The third kappa shape index (κ3) is 2.95. The molecular formula is C18H14N8OS. The smallest absolute Gasteiger partial charge is 0.326 e. The average Bonchev–Trinajstić information content (AvgIpc) is 3.35. The predicted octanol–water partition coefficient (Wildman–Crippen LogP) is 3.16. The Bertz CT molecular complexity index is 1350. The summed E-state index contributed by atoms with van der Waals surface area (Å²) >= 11 is 1.55. The molecule has 138 valence electrons. The number of aromatic amines is 2. The van der Waals surface area contributed by atoms with Crippen LogP contribution in [0.3, 0.4) is 0 Å². The molecular weight excluding hydrogens is 376 g/mol. The van der Waals surface area contributed by atoms with Crippen molar-refractivity contribution in [2.24, 2.45) is 0 Å². The van der Waals surface area contributed by atoms with E-state index in [0.29, 0.717) is 5.95 Å². The van der Waals surface area contributed by atoms with Crippen LogP contribution >= 0.6 is 11.3 Å². The number of H-pyrrole nitrogens is 2. The van der Waals surface area contributed by atoms with Gasteiger partial charge in [0.2, 0.25) is 11.9 Å². The minimum atomic E-state index is -0.485. The molecule has 9 nitrogen and oxygen atoms in total. The molecule has 0 spiro atoms. The summed E-state index contributed by atoms with van der Waals surface area (Å²) in [4.78, 5) is 29.2. The summed E-state index contributed by atoms with van der Waals surface area (Å²) in [7, 11) is 1.81. The maximum atomic E-state index is 12.1. The molecule has 0 saturated carbocycles. The van der Waals surface area contributed by atoms with Crippen LogP contribution in [0, 0.1) is 0 Å². The number of thiazole rings is 1. The zero-order valence-corrected chi connectivity index (χ0v) is 15.5. The summed E-state index contributed by atoms with van der Waals surface area (Å²) in [6, 6.07) is 11.6. The van der Waals surface area contributed by atoms with E-state index in [4.69, 9.17) is 0 Å². The molecule has 2 aromatic carbocycles. The average molecular weight is 390 g/mol. The molecule has 0 aliphatic heterocycles. The van der Waals surface area contributed by atoms with E-state index in [1.807, 2.05) is 36.4 Å². The van der Waals surface area contributed by atoms with E-state index in [-0.39, 0.29) is 5.95 Å². The number of anilines is 4. The highest BCUT2D eigenvalue weighted by Crippen LogP contribution is 2.25. The number of rotatable bonds is 4. The molecule has 0 saturated heterocycles. The fourth-order valence-corrected chi connectivity index (χ4v) is 3.62. The molecule has 0 radical (unpaired) electrons. The summed E-state index contributed by atoms with van der Waals surface area (Å²) in [5.74, 6) is 0.595. The van der Waals surface area contributed by atoms with E-state index in [1.54, 1.807) is 35.0 Å². The van der Waals surface area contributed by atoms with E-state index >= 15 is 0 Å². The highest BCUT2D eigenvalue weighted by atomic mass is 32.1. The molecule has 3 heterocycles. The second-order valence-electron chi connectivity index (χ2n) is 6.16. The number of hydrogen-bond acceptors (Lipinski definition) is 8. The summed E-state index contributed by atoms with van der Waals surface area (Å²) in [5.41, 5.74) is 4.77. The van der Waals surface area contributed by atoms with Crippen molar-refractivity contribution in [1.82, 2.24) is 30.1 Å². The largest absolute Gasteiger partial charge is 0.351 e. The zero-order chi connectivity index (χ0) is 19.1. The van der Waals surface area contributed by atoms with Gasteiger partial charge in [0.05, 0.1) is 27.4 Å². The molecule has 3 aromatic heterocycles. The Hall–Kier alpha value is -3.79. The lowest BCUT2D eigenvalue weighted by atomic mass is 10.2. The minimum absolute atomic E-state index is 0.281. The Morgan fingerprint density at radius 1 is 1.14 bits per heavy atom. The Morgan fingerprint density at radius 2 is 2.07 bits per heavy atom. The lowest BCUT2D eigenvalue weighted by Crippen LogP contribution is -2.21. The first-order valence-electron chi connectivity index (χ1n) is 8.41. The Labute approximate surface area is 162 Å². The number of aromatic nitrogens is 6. The zero-order valence-electron chi connectivity index (χ0n) is 14.7. The molecule has 0 unspecified atom stereocenters. The van der Waals surface area contributed by atoms with Crippen LogP contribution in [0.15, 0.2) is 52.9 Å². The van der Waals surface area contributed by atoms with Gasteiger partial charge >= 0.3 is 5.69 Å². The van der Waals surface area contributed by atoms with Gasteiger partial charge in [-0.1, -0.05) is 0 Å². The number of benzene rings is 2. The second-order valence-corrected chi connectivity index (χ2v) is 7.05. The molecule has 3 N–H and O–H groups in total. The molecule has 5 aromatic rings. The van der Waals surface area contributed by atoms with E-state index in [9.17, 15) is 4.79 Å². The van der Waals surface area contributed by atoms with Crippen molar-refractivity contribution >= 4 is 55.7 Å². The van der Waals surface area contributed by atoms with E-state index in [1.165, 1.54) is 0 Å². The van der Waals surface area contributed by atoms with Crippen molar-refractivity contribution < 1.29 is 0 Å². The Kier molecular flexibility index (Phi) is 3.76. The maximum absolute atomic E-state index is 12.1. The van der Waals surface area contributed by atoms with Gasteiger partial charge in [0.1, 0.15) is 0 Å². The SMILES string of the molecule is CN(c1ccc2cn[nH]c2c1)c1nc(Nc2ccc3ncsc3c2)[nH]c(=O)n1. The molecule has 0 aliphatic carbocycles. The molecule has 0 atom stereocenters. The van der Waals surface area contributed by atoms with Gasteiger partial charge in [-0.3, -0.25) is 10.1 Å². The molecule has 5 rings (SSSR count). The number of nitrogens with zero attached hydrogens (tertiary/aromatic N) is 5. The molecule has 10 heteroatoms. The first-order valence-corrected chi connectivity index (χ1v) is 9.29. The third-order valence-corrected chi connectivity index (χ3v) is 5.14. The van der Waals surface area contributed by atoms with Crippen molar-refractivity contribution in [1.29, 1.82) is 0 Å². The first-order chi connectivity index (χ1) is 13.7. The highest BCUT2D eigenvalue weighted by Gasteiger charge is 2.12. The third-order valence-electron chi connectivity index (χ3n) is 4.35. The van der Waals surface area contributed by atoms with Crippen molar-refractivity contribution in [2.75, 3.05) is 17.3 Å². The summed E-state index contributed by atoms with van der Waals surface area (Å²) in [6.45, 7) is 0. The Balaban J connectivity index is 1.48. The maximum Gasteiger partial charge on any atom is 0.351 e. The van der Waals surface area contributed by atoms with Gasteiger partial charge in [-0.2, -0.15) is 15.1 Å². The fraction of sp³-hybridized carbons (Fsp3) is 0.0556. The highest BCUT2D eigenvalue weighted by molar-refractivity contribution is 7.16.